The molecule has 0 aliphatic carbocycles. The molecule has 4 heteroatoms. The van der Waals surface area contributed by atoms with Gasteiger partial charge in [-0.1, -0.05) is 6.08 Å². The fourth-order valence-corrected chi connectivity index (χ4v) is 0.814. The van der Waals surface area contributed by atoms with Crippen molar-refractivity contribution in [1.29, 1.82) is 0 Å². The highest BCUT2D eigenvalue weighted by Gasteiger charge is 2.38. The van der Waals surface area contributed by atoms with Gasteiger partial charge in [-0.15, -0.1) is 6.58 Å². The highest BCUT2D eigenvalue weighted by Crippen LogP contribution is 2.18. The molecule has 1 rings (SSSR count). The van der Waals surface area contributed by atoms with Gasteiger partial charge in [-0.25, -0.2) is 0 Å². The van der Waals surface area contributed by atoms with Gasteiger partial charge in [0.1, 0.15) is 24.4 Å². The molecule has 11 heavy (non-hydrogen) atoms. The van der Waals surface area contributed by atoms with Crippen molar-refractivity contribution < 1.29 is 20.1 Å². The predicted octanol–water partition coefficient (Wildman–Crippen LogP) is -1.35. The second kappa shape index (κ2) is 3.32. The largest absolute Gasteiger partial charge is 0.387 e. The molecule has 0 aromatic rings. The van der Waals surface area contributed by atoms with E-state index in [0.29, 0.717) is 6.61 Å². The molecule has 0 amide bonds. The first-order chi connectivity index (χ1) is 5.16. The molecule has 0 unspecified atom stereocenters. The smallest absolute Gasteiger partial charge is 0.112 e. The molecule has 1 fully saturated rings. The zero-order valence-corrected chi connectivity index (χ0v) is 6.05. The average Bonchev–Trinajstić information content (AvgIpc) is 2.82. The maximum Gasteiger partial charge on any atom is 0.112 e. The van der Waals surface area contributed by atoms with E-state index in [0.717, 1.165) is 0 Å². The first-order valence-electron chi connectivity index (χ1n) is 3.45. The fraction of sp³-hybridized carbons (Fsp3) is 0.714. The standard InChI is InChI=1S/C7H12O4/c1-2-4(8)6(9)7(10)5-3-11-5/h2,4-10H,1,3H2/t4-,5+,6+,7+/m1/s1. The average molecular weight is 160 g/mol. The van der Waals surface area contributed by atoms with Gasteiger partial charge >= 0.3 is 0 Å². The SMILES string of the molecule is C=C[C@@H](O)[C@H](O)[C@@H](O)[C@@H]1CO1. The van der Waals surface area contributed by atoms with E-state index in [1.54, 1.807) is 0 Å². The van der Waals surface area contributed by atoms with Crippen molar-refractivity contribution in [3.05, 3.63) is 12.7 Å². The molecule has 1 aliphatic heterocycles. The van der Waals surface area contributed by atoms with Crippen LogP contribution in [-0.4, -0.2) is 46.3 Å². The summed E-state index contributed by atoms with van der Waals surface area (Å²) < 4.78 is 4.73. The topological polar surface area (TPSA) is 73.2 Å². The lowest BCUT2D eigenvalue weighted by atomic mass is 10.1. The Morgan fingerprint density at radius 2 is 2.00 bits per heavy atom. The lowest BCUT2D eigenvalue weighted by Crippen LogP contribution is -2.39. The van der Waals surface area contributed by atoms with Crippen LogP contribution in [-0.2, 0) is 4.74 Å². The van der Waals surface area contributed by atoms with Gasteiger partial charge in [0, 0.05) is 0 Å². The van der Waals surface area contributed by atoms with E-state index in [9.17, 15) is 5.11 Å². The van der Waals surface area contributed by atoms with Crippen LogP contribution in [0.1, 0.15) is 0 Å². The molecular weight excluding hydrogens is 148 g/mol. The van der Waals surface area contributed by atoms with Crippen LogP contribution in [0.4, 0.5) is 0 Å². The number of hydrogen-bond acceptors (Lipinski definition) is 4. The van der Waals surface area contributed by atoms with Gasteiger partial charge in [-0.05, 0) is 0 Å². The monoisotopic (exact) mass is 160 g/mol. The summed E-state index contributed by atoms with van der Waals surface area (Å²) in [5.74, 6) is 0. The molecule has 0 saturated carbocycles. The van der Waals surface area contributed by atoms with Crippen molar-refractivity contribution in [3.63, 3.8) is 0 Å². The highest BCUT2D eigenvalue weighted by atomic mass is 16.6. The lowest BCUT2D eigenvalue weighted by Gasteiger charge is -2.18. The maximum atomic E-state index is 9.18. The normalized spacial score (nSPS) is 30.6. The summed E-state index contributed by atoms with van der Waals surface area (Å²) in [6.07, 6.45) is -2.44. The van der Waals surface area contributed by atoms with Gasteiger partial charge in [0.25, 0.3) is 0 Å². The summed E-state index contributed by atoms with van der Waals surface area (Å²) in [6.45, 7) is 3.73. The van der Waals surface area contributed by atoms with E-state index in [1.165, 1.54) is 6.08 Å². The number of aliphatic hydroxyl groups excluding tert-OH is 3. The number of ether oxygens (including phenoxy) is 1. The summed E-state index contributed by atoms with van der Waals surface area (Å²) in [6, 6.07) is 0. The Hall–Kier alpha value is -0.420. The summed E-state index contributed by atoms with van der Waals surface area (Å²) in [4.78, 5) is 0. The molecule has 1 saturated heterocycles. The summed E-state index contributed by atoms with van der Waals surface area (Å²) >= 11 is 0. The van der Waals surface area contributed by atoms with Gasteiger partial charge in [0.15, 0.2) is 0 Å². The van der Waals surface area contributed by atoms with Gasteiger partial charge in [-0.3, -0.25) is 0 Å². The Balaban J connectivity index is 2.37. The zero-order valence-electron chi connectivity index (χ0n) is 6.05. The first kappa shape index (κ1) is 8.67. The second-order valence-electron chi connectivity index (χ2n) is 2.58. The van der Waals surface area contributed by atoms with Gasteiger partial charge in [-0.2, -0.15) is 0 Å². The Labute approximate surface area is 64.7 Å². The summed E-state index contributed by atoms with van der Waals surface area (Å²) in [5.41, 5.74) is 0. The summed E-state index contributed by atoms with van der Waals surface area (Å²) in [5, 5.41) is 27.3. The molecule has 3 N–H and O–H groups in total. The number of aliphatic hydroxyl groups is 3. The molecular formula is C7H12O4. The Morgan fingerprint density at radius 3 is 2.36 bits per heavy atom. The van der Waals surface area contributed by atoms with Crippen molar-refractivity contribution >= 4 is 0 Å². The third-order valence-electron chi connectivity index (χ3n) is 1.68. The Bertz CT molecular complexity index is 143. The van der Waals surface area contributed by atoms with E-state index >= 15 is 0 Å². The van der Waals surface area contributed by atoms with E-state index in [4.69, 9.17) is 14.9 Å². The zero-order chi connectivity index (χ0) is 8.43. The minimum atomic E-state index is -1.19. The number of epoxide rings is 1. The molecule has 4 atom stereocenters. The van der Waals surface area contributed by atoms with Gasteiger partial charge in [0.05, 0.1) is 6.61 Å². The molecule has 0 spiro atoms. The minimum absolute atomic E-state index is 0.320. The van der Waals surface area contributed by atoms with Crippen molar-refractivity contribution in [2.75, 3.05) is 6.61 Å². The number of hydrogen-bond donors (Lipinski definition) is 3. The third-order valence-corrected chi connectivity index (χ3v) is 1.68. The Kier molecular flexibility index (Phi) is 2.62. The molecule has 0 bridgehead atoms. The van der Waals surface area contributed by atoms with Crippen LogP contribution in [0.5, 0.6) is 0 Å². The first-order valence-corrected chi connectivity index (χ1v) is 3.45. The molecule has 0 aromatic carbocycles. The van der Waals surface area contributed by atoms with Crippen molar-refractivity contribution in [3.8, 4) is 0 Å². The minimum Gasteiger partial charge on any atom is -0.387 e. The van der Waals surface area contributed by atoms with Crippen LogP contribution in [0.2, 0.25) is 0 Å². The van der Waals surface area contributed by atoms with E-state index in [-0.39, 0.29) is 6.10 Å². The van der Waals surface area contributed by atoms with Crippen LogP contribution in [0.25, 0.3) is 0 Å². The Morgan fingerprint density at radius 1 is 1.45 bits per heavy atom. The third kappa shape index (κ3) is 2.00. The van der Waals surface area contributed by atoms with Crippen molar-refractivity contribution in [2.24, 2.45) is 0 Å². The van der Waals surface area contributed by atoms with Crippen molar-refractivity contribution in [2.45, 2.75) is 24.4 Å². The predicted molar refractivity (Wildman–Crippen MR) is 38.0 cm³/mol. The highest BCUT2D eigenvalue weighted by molar-refractivity contribution is 4.93. The quantitative estimate of drug-likeness (QED) is 0.351. The van der Waals surface area contributed by atoms with Crippen molar-refractivity contribution in [1.82, 2.24) is 0 Å². The van der Waals surface area contributed by atoms with Crippen LogP contribution < -0.4 is 0 Å². The van der Waals surface area contributed by atoms with Crippen LogP contribution >= 0.6 is 0 Å². The van der Waals surface area contributed by atoms with Gasteiger partial charge < -0.3 is 20.1 Å². The van der Waals surface area contributed by atoms with Gasteiger partial charge in [0.2, 0.25) is 0 Å². The maximum absolute atomic E-state index is 9.18. The molecule has 1 aliphatic rings. The van der Waals surface area contributed by atoms with Crippen LogP contribution in [0.15, 0.2) is 12.7 Å². The van der Waals surface area contributed by atoms with E-state index < -0.39 is 18.3 Å². The molecule has 1 heterocycles. The fourth-order valence-electron chi connectivity index (χ4n) is 0.814. The summed E-state index contributed by atoms with van der Waals surface area (Å²) in [7, 11) is 0. The molecule has 0 radical (unpaired) electrons. The lowest BCUT2D eigenvalue weighted by molar-refractivity contribution is -0.0509. The van der Waals surface area contributed by atoms with Crippen LogP contribution in [0, 0.1) is 0 Å². The molecule has 0 aromatic heterocycles. The van der Waals surface area contributed by atoms with E-state index in [2.05, 4.69) is 6.58 Å². The van der Waals surface area contributed by atoms with E-state index in [1.807, 2.05) is 0 Å². The second-order valence-corrected chi connectivity index (χ2v) is 2.58. The van der Waals surface area contributed by atoms with Crippen LogP contribution in [0.3, 0.4) is 0 Å². The molecule has 4 nitrogen and oxygen atoms in total. The molecule has 64 valence electrons. The number of rotatable bonds is 4.